The zero-order valence-electron chi connectivity index (χ0n) is 33.5. The molecule has 17 heteroatoms. The van der Waals surface area contributed by atoms with Gasteiger partial charge in [0.15, 0.2) is 17.0 Å². The van der Waals surface area contributed by atoms with E-state index < -0.39 is 47.8 Å². The first-order chi connectivity index (χ1) is 27.3. The van der Waals surface area contributed by atoms with Crippen LogP contribution in [0.15, 0.2) is 30.5 Å². The standard InChI is InChI=1S/C40H60N10O7/c1-4-6-8-10-12-14-16-30(38(54)55)45-32(51)23-22-29(37(53)47-31(39(56)57)17-15-13-11-9-7-5-2)46-36(52)26-18-20-28(21-19-26)50(3)25-27-24-43-35-33(44-27)34(41)48-40(42)49-35/h18-21,24,29-31H,4-17,22-23,25H2,1-3H3,(H,45,51)(H,46,52)(H,47,53)(H,54,55)(H,56,57)(H4,41,42,43,48,49)/t29-,30-,31-/m0/s1. The van der Waals surface area contributed by atoms with Crippen molar-refractivity contribution in [2.24, 2.45) is 0 Å². The number of anilines is 3. The predicted molar refractivity (Wildman–Crippen MR) is 218 cm³/mol. The molecule has 3 rings (SSSR count). The number of hydrogen-bond donors (Lipinski definition) is 7. The molecule has 3 aromatic rings. The number of aromatic nitrogens is 4. The van der Waals surface area contributed by atoms with Gasteiger partial charge in [0.2, 0.25) is 17.8 Å². The number of carbonyl (C=O) groups excluding carboxylic acids is 3. The van der Waals surface area contributed by atoms with Crippen LogP contribution in [0.25, 0.3) is 11.2 Å². The predicted octanol–water partition coefficient (Wildman–Crippen LogP) is 4.74. The number of nitrogens with one attached hydrogen (secondary N) is 3. The highest BCUT2D eigenvalue weighted by molar-refractivity contribution is 5.98. The van der Waals surface area contributed by atoms with E-state index in [1.54, 1.807) is 30.5 Å². The Morgan fingerprint density at radius 2 is 1.26 bits per heavy atom. The van der Waals surface area contributed by atoms with Crippen molar-refractivity contribution in [2.45, 2.75) is 141 Å². The molecule has 3 amide bonds. The molecule has 312 valence electrons. The number of unbranched alkanes of at least 4 members (excludes halogenated alkanes) is 10. The zero-order chi connectivity index (χ0) is 41.7. The number of benzene rings is 1. The summed E-state index contributed by atoms with van der Waals surface area (Å²) in [5, 5.41) is 27.4. The van der Waals surface area contributed by atoms with Gasteiger partial charge in [0.05, 0.1) is 18.4 Å². The fourth-order valence-electron chi connectivity index (χ4n) is 6.36. The first-order valence-corrected chi connectivity index (χ1v) is 20.0. The summed E-state index contributed by atoms with van der Waals surface area (Å²) < 4.78 is 0. The second-order valence-electron chi connectivity index (χ2n) is 14.4. The van der Waals surface area contributed by atoms with Gasteiger partial charge in [-0.15, -0.1) is 0 Å². The summed E-state index contributed by atoms with van der Waals surface area (Å²) in [6, 6.07) is 3.01. The van der Waals surface area contributed by atoms with Gasteiger partial charge in [-0.05, 0) is 43.5 Å². The van der Waals surface area contributed by atoms with Gasteiger partial charge in [0.25, 0.3) is 5.91 Å². The molecule has 0 saturated carbocycles. The molecular weight excluding hydrogens is 733 g/mol. The summed E-state index contributed by atoms with van der Waals surface area (Å²) >= 11 is 0. The first kappa shape index (κ1) is 45.8. The van der Waals surface area contributed by atoms with E-state index in [2.05, 4.69) is 49.7 Å². The summed E-state index contributed by atoms with van der Waals surface area (Å²) in [5.74, 6) is -4.20. The minimum atomic E-state index is -1.28. The SMILES string of the molecule is CCCCCCCC[C@H](NC(=O)CC[C@H](NC(=O)c1ccc(N(C)Cc2cnc3nc(N)nc(N)c3n2)cc1)C(=O)N[C@@H](CCCCCCCC)C(=O)O)C(=O)O. The van der Waals surface area contributed by atoms with Crippen LogP contribution in [0.2, 0.25) is 0 Å². The monoisotopic (exact) mass is 792 g/mol. The maximum absolute atomic E-state index is 13.6. The van der Waals surface area contributed by atoms with Crippen LogP contribution in [0.1, 0.15) is 133 Å². The van der Waals surface area contributed by atoms with E-state index in [1.165, 1.54) is 0 Å². The van der Waals surface area contributed by atoms with E-state index in [4.69, 9.17) is 11.5 Å². The van der Waals surface area contributed by atoms with Gasteiger partial charge in [-0.2, -0.15) is 9.97 Å². The van der Waals surface area contributed by atoms with E-state index in [0.29, 0.717) is 30.6 Å². The number of rotatable bonds is 27. The molecule has 0 aliphatic rings. The lowest BCUT2D eigenvalue weighted by Crippen LogP contribution is -2.52. The zero-order valence-corrected chi connectivity index (χ0v) is 33.5. The molecule has 2 aromatic heterocycles. The molecule has 0 aliphatic carbocycles. The fraction of sp³-hybridized carbons (Fsp3) is 0.575. The van der Waals surface area contributed by atoms with Gasteiger partial charge in [-0.25, -0.2) is 19.6 Å². The van der Waals surface area contributed by atoms with Gasteiger partial charge < -0.3 is 42.5 Å². The highest BCUT2D eigenvalue weighted by Crippen LogP contribution is 2.19. The maximum Gasteiger partial charge on any atom is 0.326 e. The number of aliphatic carboxylic acids is 2. The minimum Gasteiger partial charge on any atom is -0.480 e. The molecule has 2 heterocycles. The Labute approximate surface area is 334 Å². The largest absolute Gasteiger partial charge is 0.480 e. The summed E-state index contributed by atoms with van der Waals surface area (Å²) in [6.07, 6.45) is 13.0. The molecule has 0 spiro atoms. The van der Waals surface area contributed by atoms with Gasteiger partial charge in [-0.1, -0.05) is 90.9 Å². The number of nitrogen functional groups attached to an aromatic ring is 2. The van der Waals surface area contributed by atoms with Crippen LogP contribution < -0.4 is 32.3 Å². The van der Waals surface area contributed by atoms with Crippen molar-refractivity contribution >= 4 is 58.3 Å². The van der Waals surface area contributed by atoms with Gasteiger partial charge in [0.1, 0.15) is 18.1 Å². The third kappa shape index (κ3) is 15.8. The summed E-state index contributed by atoms with van der Waals surface area (Å²) in [7, 11) is 1.82. The number of hydrogen-bond acceptors (Lipinski definition) is 12. The molecule has 0 saturated heterocycles. The number of carboxylic acids is 2. The Kier molecular flexibility index (Phi) is 19.4. The van der Waals surface area contributed by atoms with Crippen molar-refractivity contribution in [2.75, 3.05) is 23.4 Å². The number of carboxylic acid groups (broad SMARTS) is 2. The molecule has 57 heavy (non-hydrogen) atoms. The Hall–Kier alpha value is -5.61. The Balaban J connectivity index is 1.69. The van der Waals surface area contributed by atoms with Gasteiger partial charge in [-0.3, -0.25) is 14.4 Å². The first-order valence-electron chi connectivity index (χ1n) is 20.0. The van der Waals surface area contributed by atoms with Crippen LogP contribution >= 0.6 is 0 Å². The van der Waals surface area contributed by atoms with Crippen molar-refractivity contribution in [3.63, 3.8) is 0 Å². The van der Waals surface area contributed by atoms with Gasteiger partial charge >= 0.3 is 11.9 Å². The molecule has 0 aliphatic heterocycles. The third-order valence-corrected chi connectivity index (χ3v) is 9.69. The quantitative estimate of drug-likeness (QED) is 0.0514. The molecule has 9 N–H and O–H groups in total. The average Bonchev–Trinajstić information content (AvgIpc) is 3.18. The highest BCUT2D eigenvalue weighted by Gasteiger charge is 2.28. The van der Waals surface area contributed by atoms with Crippen molar-refractivity contribution in [1.82, 2.24) is 35.9 Å². The lowest BCUT2D eigenvalue weighted by atomic mass is 10.0. The average molecular weight is 793 g/mol. The van der Waals surface area contributed by atoms with Crippen LogP contribution in [0.4, 0.5) is 17.5 Å². The van der Waals surface area contributed by atoms with Gasteiger partial charge in [0, 0.05) is 24.7 Å². The third-order valence-electron chi connectivity index (χ3n) is 9.69. The molecule has 0 bridgehead atoms. The Morgan fingerprint density at radius 1 is 0.702 bits per heavy atom. The van der Waals surface area contributed by atoms with Crippen molar-refractivity contribution < 1.29 is 34.2 Å². The van der Waals surface area contributed by atoms with Crippen LogP contribution in [-0.2, 0) is 25.7 Å². The Morgan fingerprint density at radius 3 is 1.84 bits per heavy atom. The fourth-order valence-corrected chi connectivity index (χ4v) is 6.36. The topological polar surface area (TPSA) is 269 Å². The Bertz CT molecular complexity index is 1780. The second-order valence-corrected chi connectivity index (χ2v) is 14.4. The van der Waals surface area contributed by atoms with Crippen LogP contribution in [0.3, 0.4) is 0 Å². The summed E-state index contributed by atoms with van der Waals surface area (Å²) in [4.78, 5) is 82.7. The number of fused-ring (bicyclic) bond motifs is 1. The molecule has 0 radical (unpaired) electrons. The van der Waals surface area contributed by atoms with E-state index >= 15 is 0 Å². The normalized spacial score (nSPS) is 12.7. The van der Waals surface area contributed by atoms with Crippen LogP contribution in [-0.4, -0.2) is 85.0 Å². The lowest BCUT2D eigenvalue weighted by Gasteiger charge is -2.22. The minimum absolute atomic E-state index is 0.00309. The van der Waals surface area contributed by atoms with Crippen LogP contribution in [0, 0.1) is 0 Å². The second kappa shape index (κ2) is 24.1. The highest BCUT2D eigenvalue weighted by atomic mass is 16.4. The molecular formula is C40H60N10O7. The maximum atomic E-state index is 13.6. The number of carbonyl (C=O) groups is 5. The molecule has 1 aromatic carbocycles. The van der Waals surface area contributed by atoms with Crippen LogP contribution in [0.5, 0.6) is 0 Å². The van der Waals surface area contributed by atoms with E-state index in [9.17, 15) is 34.2 Å². The number of nitrogens with zero attached hydrogens (tertiary/aromatic N) is 5. The summed E-state index contributed by atoms with van der Waals surface area (Å²) in [5.41, 5.74) is 13.7. The van der Waals surface area contributed by atoms with Crippen molar-refractivity contribution in [3.8, 4) is 0 Å². The number of amides is 3. The van der Waals surface area contributed by atoms with E-state index in [0.717, 1.165) is 69.9 Å². The smallest absolute Gasteiger partial charge is 0.326 e. The summed E-state index contributed by atoms with van der Waals surface area (Å²) in [6.45, 7) is 4.55. The van der Waals surface area contributed by atoms with Crippen molar-refractivity contribution in [3.05, 3.63) is 41.7 Å². The molecule has 0 fully saturated rings. The van der Waals surface area contributed by atoms with E-state index in [-0.39, 0.29) is 48.7 Å². The molecule has 3 atom stereocenters. The molecule has 0 unspecified atom stereocenters. The molecule has 17 nitrogen and oxygen atoms in total. The van der Waals surface area contributed by atoms with E-state index in [1.807, 2.05) is 11.9 Å². The van der Waals surface area contributed by atoms with Crippen molar-refractivity contribution in [1.29, 1.82) is 0 Å². The lowest BCUT2D eigenvalue weighted by molar-refractivity contribution is -0.142. The number of nitrogens with two attached hydrogens (primary N) is 2.